The minimum atomic E-state index is -0.527. The summed E-state index contributed by atoms with van der Waals surface area (Å²) in [5.41, 5.74) is 0. The highest BCUT2D eigenvalue weighted by atomic mass is 32.2. The Morgan fingerprint density at radius 2 is 2.13 bits per heavy atom. The van der Waals surface area contributed by atoms with Gasteiger partial charge in [0.2, 0.25) is 0 Å². The Morgan fingerprint density at radius 1 is 1.40 bits per heavy atom. The summed E-state index contributed by atoms with van der Waals surface area (Å²) in [4.78, 5) is 0.514. The van der Waals surface area contributed by atoms with Gasteiger partial charge in [0.25, 0.3) is 0 Å². The Labute approximate surface area is 93.3 Å². The molecule has 84 valence electrons. The smallest absolute Gasteiger partial charge is 0.139 e. The zero-order valence-corrected chi connectivity index (χ0v) is 9.70. The molecule has 0 saturated heterocycles. The fraction of sp³-hybridized carbons (Fsp3) is 0.455. The van der Waals surface area contributed by atoms with E-state index in [1.165, 1.54) is 23.9 Å². The molecule has 0 amide bonds. The Bertz CT molecular complexity index is 317. The fourth-order valence-electron chi connectivity index (χ4n) is 1.08. The van der Waals surface area contributed by atoms with Gasteiger partial charge in [-0.05, 0) is 38.3 Å². The molecule has 1 aromatic carbocycles. The van der Waals surface area contributed by atoms with Gasteiger partial charge in [-0.25, -0.2) is 8.78 Å². The summed E-state index contributed by atoms with van der Waals surface area (Å²) in [5, 5.41) is 3.11. The van der Waals surface area contributed by atoms with E-state index in [9.17, 15) is 8.78 Å². The number of nitrogens with one attached hydrogen (secondary N) is 1. The molecule has 0 radical (unpaired) electrons. The lowest BCUT2D eigenvalue weighted by Crippen LogP contribution is -2.21. The molecule has 0 saturated carbocycles. The number of hydrogen-bond acceptors (Lipinski definition) is 2. The van der Waals surface area contributed by atoms with Crippen molar-refractivity contribution in [2.24, 2.45) is 0 Å². The Morgan fingerprint density at radius 3 is 2.73 bits per heavy atom. The molecule has 0 fully saturated rings. The number of rotatable bonds is 5. The summed E-state index contributed by atoms with van der Waals surface area (Å²) in [6, 6.07) is 4.11. The molecule has 1 unspecified atom stereocenters. The standard InChI is InChI=1S/C11H15F2NS/c1-8(14-2)5-6-15-11-4-3-9(12)7-10(11)13/h3-4,7-8,14H,5-6H2,1-2H3. The van der Waals surface area contributed by atoms with E-state index in [1.54, 1.807) is 0 Å². The van der Waals surface area contributed by atoms with Gasteiger partial charge in [-0.3, -0.25) is 0 Å². The third-order valence-corrected chi connectivity index (χ3v) is 3.28. The van der Waals surface area contributed by atoms with Crippen LogP contribution in [-0.2, 0) is 0 Å². The molecule has 0 aliphatic heterocycles. The zero-order valence-electron chi connectivity index (χ0n) is 8.89. The van der Waals surface area contributed by atoms with Crippen LogP contribution in [0, 0.1) is 11.6 Å². The van der Waals surface area contributed by atoms with Crippen LogP contribution < -0.4 is 5.32 Å². The average Bonchev–Trinajstić information content (AvgIpc) is 2.21. The molecule has 0 aliphatic rings. The topological polar surface area (TPSA) is 12.0 Å². The van der Waals surface area contributed by atoms with Gasteiger partial charge in [-0.1, -0.05) is 0 Å². The van der Waals surface area contributed by atoms with Crippen LogP contribution in [0.5, 0.6) is 0 Å². The van der Waals surface area contributed by atoms with Gasteiger partial charge < -0.3 is 5.32 Å². The Kier molecular flexibility index (Phi) is 5.05. The first-order valence-electron chi connectivity index (χ1n) is 4.88. The molecular weight excluding hydrogens is 216 g/mol. The van der Waals surface area contributed by atoms with E-state index in [4.69, 9.17) is 0 Å². The molecule has 1 N–H and O–H groups in total. The van der Waals surface area contributed by atoms with Gasteiger partial charge in [0.1, 0.15) is 11.6 Å². The summed E-state index contributed by atoms with van der Waals surface area (Å²) in [6.45, 7) is 2.07. The van der Waals surface area contributed by atoms with Gasteiger partial charge in [0.05, 0.1) is 0 Å². The predicted molar refractivity (Wildman–Crippen MR) is 60.2 cm³/mol. The van der Waals surface area contributed by atoms with Gasteiger partial charge >= 0.3 is 0 Å². The average molecular weight is 231 g/mol. The molecule has 0 heterocycles. The van der Waals surface area contributed by atoms with Crippen LogP contribution in [0.4, 0.5) is 8.78 Å². The highest BCUT2D eigenvalue weighted by molar-refractivity contribution is 7.99. The van der Waals surface area contributed by atoms with Gasteiger partial charge in [0.15, 0.2) is 0 Å². The first kappa shape index (κ1) is 12.5. The van der Waals surface area contributed by atoms with E-state index in [0.717, 1.165) is 18.2 Å². The van der Waals surface area contributed by atoms with Crippen molar-refractivity contribution in [3.05, 3.63) is 29.8 Å². The molecule has 0 bridgehead atoms. The number of benzene rings is 1. The Hall–Kier alpha value is -0.610. The van der Waals surface area contributed by atoms with Crippen molar-refractivity contribution in [1.82, 2.24) is 5.32 Å². The molecule has 1 aromatic rings. The predicted octanol–water partition coefficient (Wildman–Crippen LogP) is 3.05. The van der Waals surface area contributed by atoms with E-state index in [0.29, 0.717) is 10.9 Å². The fourth-order valence-corrected chi connectivity index (χ4v) is 2.13. The molecule has 4 heteroatoms. The van der Waals surface area contributed by atoms with Crippen molar-refractivity contribution in [2.45, 2.75) is 24.3 Å². The summed E-state index contributed by atoms with van der Waals surface area (Å²) in [5.74, 6) is -0.178. The van der Waals surface area contributed by atoms with E-state index >= 15 is 0 Å². The molecule has 0 spiro atoms. The van der Waals surface area contributed by atoms with Crippen LogP contribution in [-0.4, -0.2) is 18.8 Å². The normalized spacial score (nSPS) is 12.8. The van der Waals surface area contributed by atoms with E-state index in [2.05, 4.69) is 12.2 Å². The maximum Gasteiger partial charge on any atom is 0.139 e. The van der Waals surface area contributed by atoms with E-state index < -0.39 is 11.6 Å². The number of hydrogen-bond donors (Lipinski definition) is 1. The molecular formula is C11H15F2NS. The first-order chi connectivity index (χ1) is 7.13. The molecule has 0 aromatic heterocycles. The second-order valence-corrected chi connectivity index (χ2v) is 4.54. The number of halogens is 2. The maximum absolute atomic E-state index is 13.2. The molecule has 0 aliphatic carbocycles. The maximum atomic E-state index is 13.2. The van der Waals surface area contributed by atoms with Crippen molar-refractivity contribution in [2.75, 3.05) is 12.8 Å². The van der Waals surface area contributed by atoms with Crippen molar-refractivity contribution < 1.29 is 8.78 Å². The van der Waals surface area contributed by atoms with Crippen molar-refractivity contribution >= 4 is 11.8 Å². The quantitative estimate of drug-likeness (QED) is 0.782. The van der Waals surface area contributed by atoms with E-state index in [1.807, 2.05) is 7.05 Å². The molecule has 15 heavy (non-hydrogen) atoms. The van der Waals surface area contributed by atoms with Gasteiger partial charge in [-0.15, -0.1) is 11.8 Å². The highest BCUT2D eigenvalue weighted by Gasteiger charge is 2.05. The van der Waals surface area contributed by atoms with Crippen LogP contribution in [0.25, 0.3) is 0 Å². The molecule has 1 atom stereocenters. The summed E-state index contributed by atoms with van der Waals surface area (Å²) in [6.07, 6.45) is 0.956. The van der Waals surface area contributed by atoms with Gasteiger partial charge in [0, 0.05) is 17.0 Å². The van der Waals surface area contributed by atoms with Crippen LogP contribution in [0.2, 0.25) is 0 Å². The second kappa shape index (κ2) is 6.08. The third kappa shape index (κ3) is 4.18. The number of thioether (sulfide) groups is 1. The van der Waals surface area contributed by atoms with Crippen LogP contribution >= 0.6 is 11.8 Å². The first-order valence-corrected chi connectivity index (χ1v) is 5.87. The SMILES string of the molecule is CNC(C)CCSc1ccc(F)cc1F. The van der Waals surface area contributed by atoms with Crippen molar-refractivity contribution in [3.8, 4) is 0 Å². The van der Waals surface area contributed by atoms with Crippen molar-refractivity contribution in [3.63, 3.8) is 0 Å². The molecule has 1 rings (SSSR count). The largest absolute Gasteiger partial charge is 0.317 e. The highest BCUT2D eigenvalue weighted by Crippen LogP contribution is 2.23. The minimum Gasteiger partial charge on any atom is -0.317 e. The van der Waals surface area contributed by atoms with Crippen LogP contribution in [0.1, 0.15) is 13.3 Å². The van der Waals surface area contributed by atoms with Crippen LogP contribution in [0.3, 0.4) is 0 Å². The summed E-state index contributed by atoms with van der Waals surface area (Å²) in [7, 11) is 1.90. The van der Waals surface area contributed by atoms with Gasteiger partial charge in [-0.2, -0.15) is 0 Å². The lowest BCUT2D eigenvalue weighted by atomic mass is 10.3. The lowest BCUT2D eigenvalue weighted by molar-refractivity contribution is 0.565. The Balaban J connectivity index is 2.44. The monoisotopic (exact) mass is 231 g/mol. The third-order valence-electron chi connectivity index (χ3n) is 2.20. The molecule has 1 nitrogen and oxygen atoms in total. The zero-order chi connectivity index (χ0) is 11.3. The lowest BCUT2D eigenvalue weighted by Gasteiger charge is -2.09. The second-order valence-electron chi connectivity index (χ2n) is 3.40. The van der Waals surface area contributed by atoms with E-state index in [-0.39, 0.29) is 0 Å². The van der Waals surface area contributed by atoms with Crippen molar-refractivity contribution in [1.29, 1.82) is 0 Å². The minimum absolute atomic E-state index is 0.418. The van der Waals surface area contributed by atoms with Crippen LogP contribution in [0.15, 0.2) is 23.1 Å². The summed E-state index contributed by atoms with van der Waals surface area (Å²) >= 11 is 1.42. The summed E-state index contributed by atoms with van der Waals surface area (Å²) < 4.78 is 25.8.